The van der Waals surface area contributed by atoms with Gasteiger partial charge in [-0.05, 0) is 36.7 Å². The Morgan fingerprint density at radius 3 is 2.80 bits per heavy atom. The number of nitrogens with two attached hydrogens (primary N) is 1. The number of hydrogen-bond acceptors (Lipinski definition) is 5. The van der Waals surface area contributed by atoms with E-state index in [1.165, 1.54) is 11.8 Å². The highest BCUT2D eigenvalue weighted by atomic mass is 32.2. The van der Waals surface area contributed by atoms with Crippen molar-refractivity contribution in [1.29, 1.82) is 0 Å². The lowest BCUT2D eigenvalue weighted by molar-refractivity contribution is 0.881. The summed E-state index contributed by atoms with van der Waals surface area (Å²) in [5.41, 5.74) is 7.84. The second kappa shape index (κ2) is 4.49. The molecule has 3 aromatic rings. The first-order valence-electron chi connectivity index (χ1n) is 6.55. The van der Waals surface area contributed by atoms with Crippen molar-refractivity contribution >= 4 is 28.6 Å². The molecule has 0 amide bonds. The molecule has 1 saturated carbocycles. The molecule has 2 heterocycles. The predicted molar refractivity (Wildman–Crippen MR) is 78.6 cm³/mol. The summed E-state index contributed by atoms with van der Waals surface area (Å²) in [5.74, 6) is 1.89. The Hall–Kier alpha value is -2.08. The zero-order valence-corrected chi connectivity index (χ0v) is 11.5. The molecule has 1 aliphatic carbocycles. The van der Waals surface area contributed by atoms with Gasteiger partial charge in [0, 0.05) is 12.0 Å². The highest BCUT2D eigenvalue weighted by molar-refractivity contribution is 7.99. The van der Waals surface area contributed by atoms with Crippen molar-refractivity contribution < 1.29 is 0 Å². The SMILES string of the molecule is Nc1cc(Sc2nc3ccccc3[nH]2)nc(C2CC2)n1. The van der Waals surface area contributed by atoms with Gasteiger partial charge in [0.15, 0.2) is 5.16 Å². The van der Waals surface area contributed by atoms with Crippen LogP contribution in [0.25, 0.3) is 11.0 Å². The molecule has 0 radical (unpaired) electrons. The lowest BCUT2D eigenvalue weighted by Crippen LogP contribution is -1.99. The molecule has 0 saturated heterocycles. The van der Waals surface area contributed by atoms with E-state index in [4.69, 9.17) is 5.73 Å². The highest BCUT2D eigenvalue weighted by Gasteiger charge is 2.27. The van der Waals surface area contributed by atoms with E-state index in [1.54, 1.807) is 6.07 Å². The van der Waals surface area contributed by atoms with E-state index < -0.39 is 0 Å². The van der Waals surface area contributed by atoms with Gasteiger partial charge in [-0.3, -0.25) is 0 Å². The number of hydrogen-bond donors (Lipinski definition) is 2. The van der Waals surface area contributed by atoms with Crippen LogP contribution in [0.4, 0.5) is 5.82 Å². The summed E-state index contributed by atoms with van der Waals surface area (Å²) in [5, 5.41) is 1.67. The fraction of sp³-hybridized carbons (Fsp3) is 0.214. The number of benzene rings is 1. The molecule has 0 spiro atoms. The van der Waals surface area contributed by atoms with Gasteiger partial charge in [0.25, 0.3) is 0 Å². The maximum Gasteiger partial charge on any atom is 0.172 e. The minimum atomic E-state index is 0.494. The standard InChI is InChI=1S/C14H13N5S/c15-11-7-12(19-13(18-11)8-5-6-8)20-14-16-9-3-1-2-4-10(9)17-14/h1-4,7-8H,5-6H2,(H,16,17)(H2,15,18,19). The first-order chi connectivity index (χ1) is 9.78. The van der Waals surface area contributed by atoms with Crippen LogP contribution >= 0.6 is 11.8 Å². The van der Waals surface area contributed by atoms with Crippen LogP contribution in [0.2, 0.25) is 0 Å². The molecular weight excluding hydrogens is 270 g/mol. The smallest absolute Gasteiger partial charge is 0.172 e. The average molecular weight is 283 g/mol. The summed E-state index contributed by atoms with van der Waals surface area (Å²) < 4.78 is 0. The number of fused-ring (bicyclic) bond motifs is 1. The molecule has 1 aromatic carbocycles. The molecular formula is C14H13N5S. The quantitative estimate of drug-likeness (QED) is 0.722. The second-order valence-electron chi connectivity index (χ2n) is 4.92. The topological polar surface area (TPSA) is 80.5 Å². The predicted octanol–water partition coefficient (Wildman–Crippen LogP) is 2.96. The number of nitrogens with one attached hydrogen (secondary N) is 1. The third-order valence-corrected chi connectivity index (χ3v) is 4.06. The molecule has 1 fully saturated rings. The molecule has 1 aliphatic rings. The molecule has 0 aliphatic heterocycles. The van der Waals surface area contributed by atoms with E-state index >= 15 is 0 Å². The van der Waals surface area contributed by atoms with Crippen LogP contribution in [0, 0.1) is 0 Å². The lowest BCUT2D eigenvalue weighted by atomic mass is 10.3. The number of para-hydroxylation sites is 2. The van der Waals surface area contributed by atoms with Crippen LogP contribution in [0.5, 0.6) is 0 Å². The Morgan fingerprint density at radius 1 is 1.15 bits per heavy atom. The minimum absolute atomic E-state index is 0.494. The van der Waals surface area contributed by atoms with E-state index in [1.807, 2.05) is 24.3 Å². The van der Waals surface area contributed by atoms with Crippen molar-refractivity contribution in [2.75, 3.05) is 5.73 Å². The minimum Gasteiger partial charge on any atom is -0.384 e. The maximum absolute atomic E-state index is 5.86. The number of anilines is 1. The summed E-state index contributed by atoms with van der Waals surface area (Å²) in [4.78, 5) is 16.7. The van der Waals surface area contributed by atoms with Gasteiger partial charge in [0.2, 0.25) is 0 Å². The lowest BCUT2D eigenvalue weighted by Gasteiger charge is -2.02. The van der Waals surface area contributed by atoms with Crippen LogP contribution in [0.1, 0.15) is 24.6 Å². The number of aromatic nitrogens is 4. The Morgan fingerprint density at radius 2 is 2.00 bits per heavy atom. The average Bonchev–Trinajstić information content (AvgIpc) is 3.19. The van der Waals surface area contributed by atoms with Gasteiger partial charge in [-0.25, -0.2) is 15.0 Å². The Labute approximate surface area is 120 Å². The van der Waals surface area contributed by atoms with Crippen LogP contribution in [0.3, 0.4) is 0 Å². The van der Waals surface area contributed by atoms with Crippen LogP contribution in [-0.2, 0) is 0 Å². The van der Waals surface area contributed by atoms with Crippen LogP contribution < -0.4 is 5.73 Å². The maximum atomic E-state index is 5.86. The normalized spacial score (nSPS) is 14.8. The molecule has 100 valence electrons. The number of nitrogens with zero attached hydrogens (tertiary/aromatic N) is 3. The summed E-state index contributed by atoms with van der Waals surface area (Å²) in [6.07, 6.45) is 2.33. The third kappa shape index (κ3) is 2.22. The van der Waals surface area contributed by atoms with Gasteiger partial charge < -0.3 is 10.7 Å². The van der Waals surface area contributed by atoms with Crippen molar-refractivity contribution in [3.63, 3.8) is 0 Å². The second-order valence-corrected chi connectivity index (χ2v) is 5.93. The molecule has 6 heteroatoms. The largest absolute Gasteiger partial charge is 0.384 e. The number of imidazole rings is 1. The first kappa shape index (κ1) is 11.7. The van der Waals surface area contributed by atoms with Crippen molar-refractivity contribution in [1.82, 2.24) is 19.9 Å². The Bertz CT molecular complexity index is 745. The zero-order chi connectivity index (χ0) is 13.5. The summed E-state index contributed by atoms with van der Waals surface area (Å²) >= 11 is 1.49. The summed E-state index contributed by atoms with van der Waals surface area (Å²) in [6, 6.07) is 9.76. The number of H-pyrrole nitrogens is 1. The van der Waals surface area contributed by atoms with Crippen LogP contribution in [0.15, 0.2) is 40.5 Å². The van der Waals surface area contributed by atoms with Crippen molar-refractivity contribution in [2.24, 2.45) is 0 Å². The van der Waals surface area contributed by atoms with E-state index in [9.17, 15) is 0 Å². The van der Waals surface area contributed by atoms with E-state index in [2.05, 4.69) is 19.9 Å². The Balaban J connectivity index is 1.67. The van der Waals surface area contributed by atoms with E-state index in [-0.39, 0.29) is 0 Å². The third-order valence-electron chi connectivity index (χ3n) is 3.25. The van der Waals surface area contributed by atoms with Gasteiger partial charge in [0.05, 0.1) is 11.0 Å². The molecule has 20 heavy (non-hydrogen) atoms. The molecule has 2 aromatic heterocycles. The van der Waals surface area contributed by atoms with E-state index in [0.29, 0.717) is 11.7 Å². The number of nitrogen functional groups attached to an aromatic ring is 1. The van der Waals surface area contributed by atoms with Crippen molar-refractivity contribution in [3.05, 3.63) is 36.2 Å². The molecule has 4 rings (SSSR count). The van der Waals surface area contributed by atoms with Gasteiger partial charge in [-0.2, -0.15) is 0 Å². The van der Waals surface area contributed by atoms with Gasteiger partial charge in [-0.15, -0.1) is 0 Å². The zero-order valence-electron chi connectivity index (χ0n) is 10.7. The van der Waals surface area contributed by atoms with Gasteiger partial charge in [-0.1, -0.05) is 12.1 Å². The summed E-state index contributed by atoms with van der Waals surface area (Å²) in [7, 11) is 0. The van der Waals surface area contributed by atoms with Crippen LogP contribution in [-0.4, -0.2) is 19.9 Å². The van der Waals surface area contributed by atoms with Gasteiger partial charge >= 0.3 is 0 Å². The molecule has 0 atom stereocenters. The molecule has 0 bridgehead atoms. The van der Waals surface area contributed by atoms with Crippen molar-refractivity contribution in [3.8, 4) is 0 Å². The molecule has 3 N–H and O–H groups in total. The monoisotopic (exact) mass is 283 g/mol. The first-order valence-corrected chi connectivity index (χ1v) is 7.36. The molecule has 0 unspecified atom stereocenters. The number of rotatable bonds is 3. The van der Waals surface area contributed by atoms with Crippen molar-refractivity contribution in [2.45, 2.75) is 28.9 Å². The Kier molecular flexibility index (Phi) is 2.63. The fourth-order valence-electron chi connectivity index (χ4n) is 2.11. The molecule has 5 nitrogen and oxygen atoms in total. The highest BCUT2D eigenvalue weighted by Crippen LogP contribution is 2.39. The van der Waals surface area contributed by atoms with Gasteiger partial charge in [0.1, 0.15) is 16.7 Å². The fourth-order valence-corrected chi connectivity index (χ4v) is 2.94. The van der Waals surface area contributed by atoms with E-state index in [0.717, 1.165) is 39.9 Å². The number of aromatic amines is 1. The summed E-state index contributed by atoms with van der Waals surface area (Å²) in [6.45, 7) is 0.